The summed E-state index contributed by atoms with van der Waals surface area (Å²) in [7, 11) is 0. The SMILES string of the molecule is CCCC(CCC)c1ccc(F)c(C)n1. The molecule has 0 saturated carbocycles. The van der Waals surface area contributed by atoms with Gasteiger partial charge in [0.15, 0.2) is 0 Å². The molecular formula is C13H20FN. The molecule has 0 spiro atoms. The van der Waals surface area contributed by atoms with E-state index in [1.807, 2.05) is 6.07 Å². The lowest BCUT2D eigenvalue weighted by Gasteiger charge is -2.15. The molecule has 1 aromatic rings. The van der Waals surface area contributed by atoms with E-state index in [4.69, 9.17) is 0 Å². The molecular weight excluding hydrogens is 189 g/mol. The molecule has 1 aromatic heterocycles. The van der Waals surface area contributed by atoms with Crippen LogP contribution in [0.2, 0.25) is 0 Å². The van der Waals surface area contributed by atoms with Crippen molar-refractivity contribution >= 4 is 0 Å². The van der Waals surface area contributed by atoms with Crippen LogP contribution in [-0.2, 0) is 0 Å². The summed E-state index contributed by atoms with van der Waals surface area (Å²) in [6.07, 6.45) is 4.60. The zero-order valence-electron chi connectivity index (χ0n) is 9.89. The Morgan fingerprint density at radius 2 is 1.80 bits per heavy atom. The number of hydrogen-bond acceptors (Lipinski definition) is 1. The number of pyridine rings is 1. The van der Waals surface area contributed by atoms with Gasteiger partial charge in [-0.1, -0.05) is 26.7 Å². The maximum Gasteiger partial charge on any atom is 0.144 e. The molecule has 1 nitrogen and oxygen atoms in total. The van der Waals surface area contributed by atoms with Crippen LogP contribution in [-0.4, -0.2) is 4.98 Å². The summed E-state index contributed by atoms with van der Waals surface area (Å²) >= 11 is 0. The van der Waals surface area contributed by atoms with E-state index < -0.39 is 0 Å². The fraction of sp³-hybridized carbons (Fsp3) is 0.615. The van der Waals surface area contributed by atoms with Gasteiger partial charge in [-0.3, -0.25) is 4.98 Å². The van der Waals surface area contributed by atoms with E-state index in [1.165, 1.54) is 6.07 Å². The first-order chi connectivity index (χ1) is 7.19. The summed E-state index contributed by atoms with van der Waals surface area (Å²) in [5.74, 6) is 0.296. The molecule has 15 heavy (non-hydrogen) atoms. The fourth-order valence-corrected chi connectivity index (χ4v) is 1.93. The maximum atomic E-state index is 13.1. The standard InChI is InChI=1S/C13H20FN/c1-4-6-11(7-5-2)13-9-8-12(14)10(3)15-13/h8-9,11H,4-7H2,1-3H3. The number of aromatic nitrogens is 1. The summed E-state index contributed by atoms with van der Waals surface area (Å²) in [5.41, 5.74) is 1.57. The zero-order chi connectivity index (χ0) is 11.3. The van der Waals surface area contributed by atoms with Gasteiger partial charge < -0.3 is 0 Å². The summed E-state index contributed by atoms with van der Waals surface area (Å²) < 4.78 is 13.1. The Labute approximate surface area is 91.7 Å². The van der Waals surface area contributed by atoms with Gasteiger partial charge in [0.1, 0.15) is 5.82 Å². The smallest absolute Gasteiger partial charge is 0.144 e. The van der Waals surface area contributed by atoms with E-state index in [9.17, 15) is 4.39 Å². The Kier molecular flexibility index (Phi) is 4.73. The van der Waals surface area contributed by atoms with Crippen LogP contribution < -0.4 is 0 Å². The van der Waals surface area contributed by atoms with Gasteiger partial charge in [0.25, 0.3) is 0 Å². The third-order valence-corrected chi connectivity index (χ3v) is 2.74. The van der Waals surface area contributed by atoms with Crippen molar-refractivity contribution in [1.82, 2.24) is 4.98 Å². The van der Waals surface area contributed by atoms with Crippen molar-refractivity contribution in [2.24, 2.45) is 0 Å². The Hall–Kier alpha value is -0.920. The van der Waals surface area contributed by atoms with E-state index in [-0.39, 0.29) is 5.82 Å². The van der Waals surface area contributed by atoms with Crippen LogP contribution in [0.15, 0.2) is 12.1 Å². The molecule has 0 aliphatic heterocycles. The number of rotatable bonds is 5. The van der Waals surface area contributed by atoms with Gasteiger partial charge in [-0.25, -0.2) is 4.39 Å². The predicted molar refractivity (Wildman–Crippen MR) is 61.5 cm³/mol. The third kappa shape index (κ3) is 3.29. The Morgan fingerprint density at radius 1 is 1.20 bits per heavy atom. The molecule has 0 aliphatic carbocycles. The van der Waals surface area contributed by atoms with Crippen molar-refractivity contribution in [2.75, 3.05) is 0 Å². The highest BCUT2D eigenvalue weighted by atomic mass is 19.1. The minimum absolute atomic E-state index is 0.203. The molecule has 0 aromatic carbocycles. The van der Waals surface area contributed by atoms with Crippen molar-refractivity contribution in [3.05, 3.63) is 29.3 Å². The topological polar surface area (TPSA) is 12.9 Å². The maximum absolute atomic E-state index is 13.1. The minimum Gasteiger partial charge on any atom is -0.255 e. The van der Waals surface area contributed by atoms with E-state index in [2.05, 4.69) is 18.8 Å². The van der Waals surface area contributed by atoms with E-state index in [0.717, 1.165) is 31.4 Å². The highest BCUT2D eigenvalue weighted by Crippen LogP contribution is 2.25. The number of hydrogen-bond donors (Lipinski definition) is 0. The van der Waals surface area contributed by atoms with Gasteiger partial charge in [-0.05, 0) is 31.9 Å². The van der Waals surface area contributed by atoms with Crippen molar-refractivity contribution in [1.29, 1.82) is 0 Å². The molecule has 1 heterocycles. The van der Waals surface area contributed by atoms with Crippen molar-refractivity contribution in [3.63, 3.8) is 0 Å². The first-order valence-corrected chi connectivity index (χ1v) is 5.82. The van der Waals surface area contributed by atoms with Gasteiger partial charge in [-0.15, -0.1) is 0 Å². The molecule has 2 heteroatoms. The van der Waals surface area contributed by atoms with Crippen LogP contribution in [0, 0.1) is 12.7 Å². The fourth-order valence-electron chi connectivity index (χ4n) is 1.93. The Balaban J connectivity index is 2.85. The molecule has 0 N–H and O–H groups in total. The zero-order valence-corrected chi connectivity index (χ0v) is 9.89. The molecule has 1 rings (SSSR count). The molecule has 0 saturated heterocycles. The number of halogens is 1. The molecule has 84 valence electrons. The Morgan fingerprint density at radius 3 is 2.27 bits per heavy atom. The van der Waals surface area contributed by atoms with Gasteiger partial charge in [0, 0.05) is 11.6 Å². The van der Waals surface area contributed by atoms with Gasteiger partial charge >= 0.3 is 0 Å². The first kappa shape index (κ1) is 12.2. The molecule has 0 bridgehead atoms. The summed E-state index contributed by atoms with van der Waals surface area (Å²) in [4.78, 5) is 4.34. The largest absolute Gasteiger partial charge is 0.255 e. The average Bonchev–Trinajstić information content (AvgIpc) is 2.22. The molecule has 0 fully saturated rings. The minimum atomic E-state index is -0.203. The lowest BCUT2D eigenvalue weighted by atomic mass is 9.94. The van der Waals surface area contributed by atoms with Crippen LogP contribution in [0.4, 0.5) is 4.39 Å². The van der Waals surface area contributed by atoms with Crippen LogP contribution in [0.3, 0.4) is 0 Å². The summed E-state index contributed by atoms with van der Waals surface area (Å²) in [6, 6.07) is 3.37. The van der Waals surface area contributed by atoms with Crippen LogP contribution in [0.5, 0.6) is 0 Å². The van der Waals surface area contributed by atoms with Gasteiger partial charge in [-0.2, -0.15) is 0 Å². The normalized spacial score (nSPS) is 11.0. The highest BCUT2D eigenvalue weighted by molar-refractivity contribution is 5.15. The van der Waals surface area contributed by atoms with Crippen molar-refractivity contribution in [2.45, 2.75) is 52.4 Å². The van der Waals surface area contributed by atoms with Crippen molar-refractivity contribution in [3.8, 4) is 0 Å². The predicted octanol–water partition coefficient (Wildman–Crippen LogP) is 4.21. The van der Waals surface area contributed by atoms with Gasteiger partial charge in [0.05, 0.1) is 5.69 Å². The van der Waals surface area contributed by atoms with E-state index in [0.29, 0.717) is 11.6 Å². The monoisotopic (exact) mass is 209 g/mol. The molecule has 0 radical (unpaired) electrons. The van der Waals surface area contributed by atoms with E-state index in [1.54, 1.807) is 6.92 Å². The third-order valence-electron chi connectivity index (χ3n) is 2.74. The second-order valence-corrected chi connectivity index (χ2v) is 4.08. The average molecular weight is 209 g/mol. The number of aryl methyl sites for hydroxylation is 1. The van der Waals surface area contributed by atoms with Crippen molar-refractivity contribution < 1.29 is 4.39 Å². The first-order valence-electron chi connectivity index (χ1n) is 5.82. The lowest BCUT2D eigenvalue weighted by molar-refractivity contribution is 0.539. The Bertz CT molecular complexity index is 303. The van der Waals surface area contributed by atoms with Gasteiger partial charge in [0.2, 0.25) is 0 Å². The quantitative estimate of drug-likeness (QED) is 0.707. The molecule has 0 unspecified atom stereocenters. The van der Waals surface area contributed by atoms with Crippen LogP contribution in [0.1, 0.15) is 56.8 Å². The highest BCUT2D eigenvalue weighted by Gasteiger charge is 2.12. The van der Waals surface area contributed by atoms with E-state index >= 15 is 0 Å². The second kappa shape index (κ2) is 5.84. The number of nitrogens with zero attached hydrogens (tertiary/aromatic N) is 1. The summed E-state index contributed by atoms with van der Waals surface area (Å²) in [6.45, 7) is 6.09. The summed E-state index contributed by atoms with van der Waals surface area (Å²) in [5, 5.41) is 0. The van der Waals surface area contributed by atoms with Crippen LogP contribution in [0.25, 0.3) is 0 Å². The second-order valence-electron chi connectivity index (χ2n) is 4.08. The molecule has 0 amide bonds. The van der Waals surface area contributed by atoms with Crippen LogP contribution >= 0.6 is 0 Å². The molecule has 0 atom stereocenters. The molecule has 0 aliphatic rings. The lowest BCUT2D eigenvalue weighted by Crippen LogP contribution is -2.03.